The number of aryl methyl sites for hydroxylation is 1. The lowest BCUT2D eigenvalue weighted by molar-refractivity contribution is -0.121. The summed E-state index contributed by atoms with van der Waals surface area (Å²) < 4.78 is 2.22. The van der Waals surface area contributed by atoms with Gasteiger partial charge in [-0.2, -0.15) is 0 Å². The smallest absolute Gasteiger partial charge is 0.221 e. The first-order chi connectivity index (χ1) is 11.7. The second-order valence-electron chi connectivity index (χ2n) is 6.32. The Bertz CT molecular complexity index is 677. The van der Waals surface area contributed by atoms with Gasteiger partial charge in [-0.1, -0.05) is 36.8 Å². The summed E-state index contributed by atoms with van der Waals surface area (Å²) in [6.07, 6.45) is 5.62. The van der Waals surface area contributed by atoms with Gasteiger partial charge in [0.25, 0.3) is 0 Å². The van der Waals surface area contributed by atoms with Crippen LogP contribution in [0.2, 0.25) is 0 Å². The molecule has 144 valence electrons. The Kier molecular flexibility index (Phi) is 9.62. The zero-order valence-corrected chi connectivity index (χ0v) is 16.4. The summed E-state index contributed by atoms with van der Waals surface area (Å²) >= 11 is 0. The van der Waals surface area contributed by atoms with Crippen LogP contribution in [0.25, 0.3) is 0 Å². The minimum Gasteiger partial charge on any atom is -0.356 e. The minimum absolute atomic E-state index is 0. The van der Waals surface area contributed by atoms with Crippen LogP contribution < -0.4 is 11.1 Å². The Hall–Kier alpha value is -1.63. The number of fused-ring (bicyclic) bond motifs is 1. The molecule has 8 heteroatoms. The average molecular weight is 400 g/mol. The molecule has 0 saturated carbocycles. The summed E-state index contributed by atoms with van der Waals surface area (Å²) in [7, 11) is 0. The third-order valence-electron chi connectivity index (χ3n) is 4.49. The van der Waals surface area contributed by atoms with E-state index in [1.807, 2.05) is 30.3 Å². The summed E-state index contributed by atoms with van der Waals surface area (Å²) in [6.45, 7) is 1.56. The lowest BCUT2D eigenvalue weighted by Gasteiger charge is -2.12. The van der Waals surface area contributed by atoms with Crippen molar-refractivity contribution in [3.05, 3.63) is 47.5 Å². The molecule has 1 aromatic carbocycles. The van der Waals surface area contributed by atoms with Crippen LogP contribution in [0.15, 0.2) is 30.3 Å². The molecule has 2 aromatic rings. The molecule has 26 heavy (non-hydrogen) atoms. The van der Waals surface area contributed by atoms with E-state index in [-0.39, 0.29) is 36.8 Å². The van der Waals surface area contributed by atoms with Crippen molar-refractivity contribution in [3.63, 3.8) is 0 Å². The van der Waals surface area contributed by atoms with Gasteiger partial charge < -0.3 is 15.6 Å². The van der Waals surface area contributed by atoms with Crippen LogP contribution in [0.4, 0.5) is 0 Å². The highest BCUT2D eigenvalue weighted by Crippen LogP contribution is 2.15. The van der Waals surface area contributed by atoms with Crippen LogP contribution >= 0.6 is 24.8 Å². The summed E-state index contributed by atoms with van der Waals surface area (Å²) in [5, 5.41) is 11.5. The molecule has 1 unspecified atom stereocenters. The van der Waals surface area contributed by atoms with Crippen LogP contribution in [-0.2, 0) is 24.2 Å². The number of nitrogens with one attached hydrogen (secondary N) is 1. The fraction of sp³-hybridized carbons (Fsp3) is 0.500. The summed E-state index contributed by atoms with van der Waals surface area (Å²) in [6, 6.07) is 9.44. The van der Waals surface area contributed by atoms with E-state index >= 15 is 0 Å². The summed E-state index contributed by atoms with van der Waals surface area (Å²) in [4.78, 5) is 12.1. The van der Waals surface area contributed by atoms with E-state index in [0.717, 1.165) is 30.2 Å². The molecular weight excluding hydrogens is 373 g/mol. The highest BCUT2D eigenvalue weighted by atomic mass is 35.5. The van der Waals surface area contributed by atoms with Gasteiger partial charge in [-0.3, -0.25) is 4.79 Å². The monoisotopic (exact) mass is 399 g/mol. The summed E-state index contributed by atoms with van der Waals surface area (Å²) in [5.74, 6) is 2.03. The largest absolute Gasteiger partial charge is 0.356 e. The lowest BCUT2D eigenvalue weighted by atomic mass is 10.0. The molecule has 0 aliphatic carbocycles. The van der Waals surface area contributed by atoms with Gasteiger partial charge in [-0.05, 0) is 18.4 Å². The molecule has 1 aromatic heterocycles. The first-order valence-corrected chi connectivity index (χ1v) is 8.72. The number of aromatic nitrogens is 3. The van der Waals surface area contributed by atoms with Crippen molar-refractivity contribution < 1.29 is 4.79 Å². The molecule has 3 N–H and O–H groups in total. The van der Waals surface area contributed by atoms with Crippen LogP contribution in [0.1, 0.15) is 48.9 Å². The van der Waals surface area contributed by atoms with E-state index in [1.54, 1.807) is 0 Å². The molecule has 0 radical (unpaired) electrons. The second kappa shape index (κ2) is 11.2. The summed E-state index contributed by atoms with van der Waals surface area (Å²) in [5.41, 5.74) is 7.07. The standard InChI is InChI=1S/C18H25N5O.2ClH/c19-15(14-7-3-1-4-8-14)13-18(24)20-11-10-17-22-21-16-9-5-2-6-12-23(16)17;;/h1,3-4,7-8,15H,2,5-6,9-13,19H2,(H,20,24);2*1H. The van der Waals surface area contributed by atoms with E-state index in [0.29, 0.717) is 19.4 Å². The number of hydrogen-bond acceptors (Lipinski definition) is 4. The highest BCUT2D eigenvalue weighted by molar-refractivity contribution is 5.85. The minimum atomic E-state index is -0.268. The maximum atomic E-state index is 12.1. The van der Waals surface area contributed by atoms with Crippen LogP contribution in [-0.4, -0.2) is 27.2 Å². The Labute approximate surface area is 166 Å². The SMILES string of the molecule is Cl.Cl.NC(CC(=O)NCCc1nnc2n1CCCCC2)c1ccccc1. The van der Waals surface area contributed by atoms with Crippen molar-refractivity contribution in [2.75, 3.05) is 6.54 Å². The van der Waals surface area contributed by atoms with Gasteiger partial charge >= 0.3 is 0 Å². The maximum Gasteiger partial charge on any atom is 0.221 e. The number of amides is 1. The topological polar surface area (TPSA) is 85.8 Å². The first-order valence-electron chi connectivity index (χ1n) is 8.72. The van der Waals surface area contributed by atoms with Gasteiger partial charge in [0, 0.05) is 38.4 Å². The molecule has 0 spiro atoms. The molecule has 1 aliphatic heterocycles. The molecule has 3 rings (SSSR count). The Morgan fingerprint density at radius 2 is 1.92 bits per heavy atom. The van der Waals surface area contributed by atoms with Crippen LogP contribution in [0.3, 0.4) is 0 Å². The van der Waals surface area contributed by atoms with E-state index in [4.69, 9.17) is 5.73 Å². The van der Waals surface area contributed by atoms with Crippen molar-refractivity contribution in [2.24, 2.45) is 5.73 Å². The molecule has 1 amide bonds. The van der Waals surface area contributed by atoms with Gasteiger partial charge in [0.1, 0.15) is 11.6 Å². The number of carbonyl (C=O) groups excluding carboxylic acids is 1. The van der Waals surface area contributed by atoms with Crippen molar-refractivity contribution in [1.29, 1.82) is 0 Å². The molecule has 0 bridgehead atoms. The zero-order valence-electron chi connectivity index (χ0n) is 14.8. The normalized spacial score (nSPS) is 14.2. The Morgan fingerprint density at radius 1 is 1.15 bits per heavy atom. The second-order valence-corrected chi connectivity index (χ2v) is 6.32. The molecule has 1 aliphatic rings. The van der Waals surface area contributed by atoms with Gasteiger partial charge in [0.05, 0.1) is 0 Å². The number of halogens is 2. The fourth-order valence-electron chi connectivity index (χ4n) is 3.13. The van der Waals surface area contributed by atoms with Gasteiger partial charge in [0.15, 0.2) is 0 Å². The number of nitrogens with two attached hydrogens (primary N) is 1. The molecule has 6 nitrogen and oxygen atoms in total. The van der Waals surface area contributed by atoms with E-state index in [1.165, 1.54) is 19.3 Å². The van der Waals surface area contributed by atoms with Gasteiger partial charge in [-0.15, -0.1) is 35.0 Å². The van der Waals surface area contributed by atoms with E-state index in [2.05, 4.69) is 20.1 Å². The number of hydrogen-bond donors (Lipinski definition) is 2. The number of rotatable bonds is 6. The Morgan fingerprint density at radius 3 is 2.69 bits per heavy atom. The molecule has 0 saturated heterocycles. The molecule has 0 fully saturated rings. The average Bonchev–Trinajstić information content (AvgIpc) is 2.82. The van der Waals surface area contributed by atoms with Gasteiger partial charge in [0.2, 0.25) is 5.91 Å². The third-order valence-corrected chi connectivity index (χ3v) is 4.49. The first kappa shape index (κ1) is 22.4. The quantitative estimate of drug-likeness (QED) is 0.781. The lowest BCUT2D eigenvalue weighted by Crippen LogP contribution is -2.29. The number of carbonyl (C=O) groups is 1. The fourth-order valence-corrected chi connectivity index (χ4v) is 3.13. The van der Waals surface area contributed by atoms with Gasteiger partial charge in [-0.25, -0.2) is 0 Å². The van der Waals surface area contributed by atoms with Crippen molar-refractivity contribution in [3.8, 4) is 0 Å². The molecular formula is C18H27Cl2N5O. The predicted octanol–water partition coefficient (Wildman–Crippen LogP) is 2.60. The zero-order chi connectivity index (χ0) is 16.8. The van der Waals surface area contributed by atoms with Crippen molar-refractivity contribution in [1.82, 2.24) is 20.1 Å². The molecule has 1 atom stereocenters. The highest BCUT2D eigenvalue weighted by Gasteiger charge is 2.15. The third kappa shape index (κ3) is 5.97. The Balaban J connectivity index is 0.00000169. The van der Waals surface area contributed by atoms with Crippen molar-refractivity contribution >= 4 is 30.7 Å². The van der Waals surface area contributed by atoms with Crippen LogP contribution in [0, 0.1) is 0 Å². The van der Waals surface area contributed by atoms with E-state index in [9.17, 15) is 4.79 Å². The van der Waals surface area contributed by atoms with Crippen LogP contribution in [0.5, 0.6) is 0 Å². The van der Waals surface area contributed by atoms with E-state index < -0.39 is 0 Å². The number of nitrogens with zero attached hydrogens (tertiary/aromatic N) is 3. The molecule has 2 heterocycles. The maximum absolute atomic E-state index is 12.1. The predicted molar refractivity (Wildman–Crippen MR) is 107 cm³/mol. The van der Waals surface area contributed by atoms with Crippen molar-refractivity contribution in [2.45, 2.75) is 51.1 Å². The number of benzene rings is 1.